The molecule has 0 fully saturated rings. The van der Waals surface area contributed by atoms with Gasteiger partial charge < -0.3 is 9.30 Å². The van der Waals surface area contributed by atoms with Crippen molar-refractivity contribution in [1.82, 2.24) is 9.55 Å². The number of halogens is 1. The predicted octanol–water partition coefficient (Wildman–Crippen LogP) is 4.36. The minimum atomic E-state index is -0.381. The van der Waals surface area contributed by atoms with Gasteiger partial charge in [0.25, 0.3) is 0 Å². The number of hydrogen-bond acceptors (Lipinski definition) is 3. The van der Waals surface area contributed by atoms with E-state index in [9.17, 15) is 9.18 Å². The van der Waals surface area contributed by atoms with Crippen LogP contribution in [-0.4, -0.2) is 22.6 Å². The lowest BCUT2D eigenvalue weighted by atomic mass is 10.0. The summed E-state index contributed by atoms with van der Waals surface area (Å²) in [6.07, 6.45) is 5.54. The molecule has 1 aromatic heterocycles. The van der Waals surface area contributed by atoms with Gasteiger partial charge in [0.15, 0.2) is 0 Å². The molecule has 0 bridgehead atoms. The van der Waals surface area contributed by atoms with Crippen molar-refractivity contribution >= 4 is 17.6 Å². The highest BCUT2D eigenvalue weighted by atomic mass is 19.1. The summed E-state index contributed by atoms with van der Waals surface area (Å²) in [4.78, 5) is 15.9. The van der Waals surface area contributed by atoms with Crippen LogP contribution in [0, 0.1) is 12.7 Å². The van der Waals surface area contributed by atoms with E-state index in [2.05, 4.69) is 4.98 Å². The van der Waals surface area contributed by atoms with Crippen molar-refractivity contribution in [2.75, 3.05) is 7.11 Å². The maximum absolute atomic E-state index is 13.3. The van der Waals surface area contributed by atoms with Crippen LogP contribution in [0.4, 0.5) is 4.39 Å². The van der Waals surface area contributed by atoms with Gasteiger partial charge in [-0.25, -0.2) is 14.2 Å². The fraction of sp³-hybridized carbons (Fsp3) is 0.143. The molecule has 0 aliphatic rings. The zero-order valence-electron chi connectivity index (χ0n) is 14.6. The Morgan fingerprint density at radius 3 is 2.62 bits per heavy atom. The van der Waals surface area contributed by atoms with Crippen LogP contribution in [0.2, 0.25) is 0 Å². The first kappa shape index (κ1) is 17.6. The van der Waals surface area contributed by atoms with Crippen LogP contribution in [0.5, 0.6) is 0 Å². The maximum Gasteiger partial charge on any atom is 0.337 e. The number of aromatic nitrogens is 2. The molecule has 3 aromatic rings. The molecular weight excluding hydrogens is 331 g/mol. The lowest BCUT2D eigenvalue weighted by molar-refractivity contribution is 0.0600. The van der Waals surface area contributed by atoms with Crippen LogP contribution in [-0.2, 0) is 11.3 Å². The molecule has 0 aliphatic heterocycles. The Bertz CT molecular complexity index is 943. The van der Waals surface area contributed by atoms with Crippen LogP contribution >= 0.6 is 0 Å². The SMILES string of the molecule is COC(=O)c1cccc(/C=C(\Cn2cncc2C)c2ccc(F)cc2)c1. The standard InChI is InChI=1S/C21H19FN2O2/c1-15-12-23-14-24(15)13-19(17-6-8-20(22)9-7-17)11-16-4-3-5-18(10-16)21(25)26-2/h3-12,14H,13H2,1-2H3/b19-11+. The zero-order valence-corrected chi connectivity index (χ0v) is 14.6. The van der Waals surface area contributed by atoms with E-state index in [1.165, 1.54) is 19.2 Å². The lowest BCUT2D eigenvalue weighted by Crippen LogP contribution is -2.02. The smallest absolute Gasteiger partial charge is 0.337 e. The highest BCUT2D eigenvalue weighted by Crippen LogP contribution is 2.22. The van der Waals surface area contributed by atoms with Gasteiger partial charge in [-0.1, -0.05) is 24.3 Å². The Hall–Kier alpha value is -3.21. The topological polar surface area (TPSA) is 44.1 Å². The Morgan fingerprint density at radius 2 is 1.96 bits per heavy atom. The molecule has 0 aliphatic carbocycles. The number of rotatable bonds is 5. The number of imidazole rings is 1. The van der Waals surface area contributed by atoms with E-state index in [1.54, 1.807) is 36.8 Å². The van der Waals surface area contributed by atoms with Crippen LogP contribution in [0.25, 0.3) is 11.6 Å². The van der Waals surface area contributed by atoms with E-state index in [-0.39, 0.29) is 11.8 Å². The molecule has 0 radical (unpaired) electrons. The average molecular weight is 350 g/mol. The molecule has 0 amide bonds. The van der Waals surface area contributed by atoms with E-state index in [0.717, 1.165) is 22.4 Å². The van der Waals surface area contributed by atoms with E-state index in [0.29, 0.717) is 12.1 Å². The third-order valence-electron chi connectivity index (χ3n) is 4.12. The Morgan fingerprint density at radius 1 is 1.19 bits per heavy atom. The second kappa shape index (κ2) is 7.78. The molecule has 0 unspecified atom stereocenters. The van der Waals surface area contributed by atoms with Crippen molar-refractivity contribution in [1.29, 1.82) is 0 Å². The number of carbonyl (C=O) groups excluding carboxylic acids is 1. The van der Waals surface area contributed by atoms with Crippen molar-refractivity contribution in [2.24, 2.45) is 0 Å². The zero-order chi connectivity index (χ0) is 18.5. The number of esters is 1. The van der Waals surface area contributed by atoms with Gasteiger partial charge in [-0.3, -0.25) is 0 Å². The van der Waals surface area contributed by atoms with Crippen molar-refractivity contribution in [3.05, 3.63) is 89.3 Å². The van der Waals surface area contributed by atoms with Gasteiger partial charge in [0, 0.05) is 18.4 Å². The number of allylic oxidation sites excluding steroid dienone is 1. The first-order chi connectivity index (χ1) is 12.6. The number of nitrogens with zero attached hydrogens (tertiary/aromatic N) is 2. The Kier molecular flexibility index (Phi) is 5.27. The molecule has 0 N–H and O–H groups in total. The third kappa shape index (κ3) is 4.06. The minimum absolute atomic E-state index is 0.278. The summed E-state index contributed by atoms with van der Waals surface area (Å²) in [6.45, 7) is 2.56. The fourth-order valence-electron chi connectivity index (χ4n) is 2.69. The average Bonchev–Trinajstić information content (AvgIpc) is 3.06. The predicted molar refractivity (Wildman–Crippen MR) is 99.0 cm³/mol. The number of hydrogen-bond donors (Lipinski definition) is 0. The van der Waals surface area contributed by atoms with E-state index >= 15 is 0 Å². The Balaban J connectivity index is 2.02. The van der Waals surface area contributed by atoms with Crippen LogP contribution in [0.15, 0.2) is 61.1 Å². The lowest BCUT2D eigenvalue weighted by Gasteiger charge is -2.11. The van der Waals surface area contributed by atoms with E-state index < -0.39 is 0 Å². The van der Waals surface area contributed by atoms with Gasteiger partial charge >= 0.3 is 5.97 Å². The molecule has 0 spiro atoms. The second-order valence-electron chi connectivity index (χ2n) is 5.96. The fourth-order valence-corrected chi connectivity index (χ4v) is 2.69. The Labute approximate surface area is 151 Å². The molecule has 0 saturated carbocycles. The quantitative estimate of drug-likeness (QED) is 0.507. The molecule has 132 valence electrons. The summed E-state index contributed by atoms with van der Waals surface area (Å²) < 4.78 is 20.1. The molecule has 0 atom stereocenters. The summed E-state index contributed by atoms with van der Waals surface area (Å²) in [5, 5.41) is 0. The summed E-state index contributed by atoms with van der Waals surface area (Å²) in [7, 11) is 1.36. The van der Waals surface area contributed by atoms with E-state index in [1.807, 2.05) is 29.7 Å². The molecule has 3 rings (SSSR count). The number of aryl methyl sites for hydroxylation is 1. The summed E-state index contributed by atoms with van der Waals surface area (Å²) >= 11 is 0. The molecule has 0 saturated heterocycles. The van der Waals surface area contributed by atoms with Gasteiger partial charge in [-0.2, -0.15) is 0 Å². The van der Waals surface area contributed by atoms with Crippen LogP contribution in [0.1, 0.15) is 27.2 Å². The van der Waals surface area contributed by atoms with Gasteiger partial charge in [0.2, 0.25) is 0 Å². The summed E-state index contributed by atoms with van der Waals surface area (Å²) in [5.74, 6) is -0.659. The summed E-state index contributed by atoms with van der Waals surface area (Å²) in [5.41, 5.74) is 4.26. The van der Waals surface area contributed by atoms with Gasteiger partial charge in [-0.15, -0.1) is 0 Å². The molecule has 1 heterocycles. The number of ether oxygens (including phenoxy) is 1. The molecule has 4 nitrogen and oxygen atoms in total. The normalized spacial score (nSPS) is 11.4. The first-order valence-corrected chi connectivity index (χ1v) is 8.18. The second-order valence-corrected chi connectivity index (χ2v) is 5.96. The highest BCUT2D eigenvalue weighted by molar-refractivity contribution is 5.91. The third-order valence-corrected chi connectivity index (χ3v) is 4.12. The van der Waals surface area contributed by atoms with Gasteiger partial charge in [0.1, 0.15) is 5.82 Å². The molecular formula is C21H19FN2O2. The van der Waals surface area contributed by atoms with Crippen molar-refractivity contribution in [2.45, 2.75) is 13.5 Å². The van der Waals surface area contributed by atoms with Crippen LogP contribution in [0.3, 0.4) is 0 Å². The largest absolute Gasteiger partial charge is 0.465 e. The molecule has 26 heavy (non-hydrogen) atoms. The molecule has 5 heteroatoms. The highest BCUT2D eigenvalue weighted by Gasteiger charge is 2.08. The van der Waals surface area contributed by atoms with Crippen molar-refractivity contribution in [3.63, 3.8) is 0 Å². The van der Waals surface area contributed by atoms with Gasteiger partial charge in [-0.05, 0) is 54.0 Å². The van der Waals surface area contributed by atoms with Crippen LogP contribution < -0.4 is 0 Å². The first-order valence-electron chi connectivity index (χ1n) is 8.18. The summed E-state index contributed by atoms with van der Waals surface area (Å²) in [6, 6.07) is 13.6. The number of carbonyl (C=O) groups is 1. The van der Waals surface area contributed by atoms with Crippen molar-refractivity contribution < 1.29 is 13.9 Å². The number of benzene rings is 2. The number of methoxy groups -OCH3 is 1. The molecule has 2 aromatic carbocycles. The van der Waals surface area contributed by atoms with Crippen molar-refractivity contribution in [3.8, 4) is 0 Å². The van der Waals surface area contributed by atoms with Gasteiger partial charge in [0.05, 0.1) is 19.0 Å². The minimum Gasteiger partial charge on any atom is -0.465 e. The monoisotopic (exact) mass is 350 g/mol. The maximum atomic E-state index is 13.3. The van der Waals surface area contributed by atoms with E-state index in [4.69, 9.17) is 4.74 Å².